The van der Waals surface area contributed by atoms with E-state index < -0.39 is 76.3 Å². The van der Waals surface area contributed by atoms with Gasteiger partial charge in [0.25, 0.3) is 0 Å². The lowest BCUT2D eigenvalue weighted by atomic mass is 9.44. The largest absolute Gasteiger partial charge is 0.458 e. The number of esters is 1. The Balaban J connectivity index is 1.79. The van der Waals surface area contributed by atoms with Gasteiger partial charge in [0.15, 0.2) is 18.1 Å². The number of Topliss-reactive ketones (excluding diaryl/α,β-unsaturated/α-hetero) is 1. The summed E-state index contributed by atoms with van der Waals surface area (Å²) < 4.78 is 37.2. The number of hydrogen-bond donors (Lipinski definition) is 2. The number of carbonyl (C=O) groups excluding carboxylic acids is 3. The zero-order valence-corrected chi connectivity index (χ0v) is 18.7. The molecular weight excluding hydrogens is 422 g/mol. The van der Waals surface area contributed by atoms with E-state index in [0.29, 0.717) is 0 Å². The lowest BCUT2D eigenvalue weighted by molar-refractivity contribution is -0.224. The standard InChI is InChI=1S/C24H30F2O6/c1-12-7-15-16-9-18(25)17-8-14(28)5-6-21(17,3)23(16,26)19(29)10-22(15,4)24(12,31)20(30)11-32-13(2)27/h5-6,8,12,15-16,18-19,29,31H,7,9-11H2,1-4H3/t12-,15?,16?,18+,19+,21+,22+,23+,24-/m1/s1. The second-order valence-corrected chi connectivity index (χ2v) is 10.5. The molecule has 0 aromatic carbocycles. The third-order valence-corrected chi connectivity index (χ3v) is 9.04. The second kappa shape index (κ2) is 7.03. The molecule has 6 nitrogen and oxygen atoms in total. The third kappa shape index (κ3) is 2.65. The summed E-state index contributed by atoms with van der Waals surface area (Å²) in [5.74, 6) is -3.98. The van der Waals surface area contributed by atoms with E-state index in [0.717, 1.165) is 13.0 Å². The number of alkyl halides is 2. The smallest absolute Gasteiger partial charge is 0.303 e. The van der Waals surface area contributed by atoms with Crippen molar-refractivity contribution in [3.8, 4) is 0 Å². The Morgan fingerprint density at radius 2 is 1.91 bits per heavy atom. The molecule has 0 radical (unpaired) electrons. The Bertz CT molecular complexity index is 945. The third-order valence-electron chi connectivity index (χ3n) is 9.04. The number of allylic oxidation sites excluding steroid dienone is 4. The van der Waals surface area contributed by atoms with E-state index in [4.69, 9.17) is 4.74 Å². The second-order valence-electron chi connectivity index (χ2n) is 10.5. The van der Waals surface area contributed by atoms with Gasteiger partial charge < -0.3 is 14.9 Å². The van der Waals surface area contributed by atoms with E-state index in [1.807, 2.05) is 0 Å². The van der Waals surface area contributed by atoms with Crippen LogP contribution < -0.4 is 0 Å². The highest BCUT2D eigenvalue weighted by atomic mass is 19.1. The van der Waals surface area contributed by atoms with Crippen molar-refractivity contribution in [2.24, 2.45) is 28.6 Å². The number of ether oxygens (including phenoxy) is 1. The van der Waals surface area contributed by atoms with Crippen LogP contribution in [0.15, 0.2) is 23.8 Å². The lowest BCUT2D eigenvalue weighted by Gasteiger charge is -2.63. The molecule has 0 bridgehead atoms. The van der Waals surface area contributed by atoms with E-state index in [2.05, 4.69) is 0 Å². The molecule has 32 heavy (non-hydrogen) atoms. The molecule has 3 fully saturated rings. The first kappa shape index (κ1) is 23.2. The van der Waals surface area contributed by atoms with Crippen molar-refractivity contribution in [1.82, 2.24) is 0 Å². The minimum Gasteiger partial charge on any atom is -0.458 e. The maximum Gasteiger partial charge on any atom is 0.303 e. The van der Waals surface area contributed by atoms with Crippen LogP contribution in [0.25, 0.3) is 0 Å². The van der Waals surface area contributed by atoms with Gasteiger partial charge in [-0.2, -0.15) is 0 Å². The molecule has 4 rings (SSSR count). The monoisotopic (exact) mass is 452 g/mol. The molecule has 0 heterocycles. The van der Waals surface area contributed by atoms with Crippen molar-refractivity contribution in [2.75, 3.05) is 6.61 Å². The summed E-state index contributed by atoms with van der Waals surface area (Å²) in [6, 6.07) is 0. The summed E-state index contributed by atoms with van der Waals surface area (Å²) in [6.45, 7) is 5.34. The van der Waals surface area contributed by atoms with E-state index in [9.17, 15) is 24.6 Å². The minimum absolute atomic E-state index is 0.0265. The van der Waals surface area contributed by atoms with Crippen LogP contribution in [0.5, 0.6) is 0 Å². The molecular formula is C24H30F2O6. The molecule has 0 aromatic heterocycles. The number of rotatable bonds is 3. The molecule has 176 valence electrons. The highest BCUT2D eigenvalue weighted by Gasteiger charge is 2.76. The summed E-state index contributed by atoms with van der Waals surface area (Å²) in [6.07, 6.45) is 0.271. The number of hydrogen-bond acceptors (Lipinski definition) is 6. The average molecular weight is 452 g/mol. The van der Waals surface area contributed by atoms with Gasteiger partial charge >= 0.3 is 5.97 Å². The maximum atomic E-state index is 17.0. The zero-order valence-electron chi connectivity index (χ0n) is 18.7. The van der Waals surface area contributed by atoms with Gasteiger partial charge in [-0.15, -0.1) is 0 Å². The average Bonchev–Trinajstić information content (AvgIpc) is 2.91. The minimum atomic E-state index is -2.27. The first-order valence-electron chi connectivity index (χ1n) is 11.1. The van der Waals surface area contributed by atoms with Gasteiger partial charge in [-0.05, 0) is 55.7 Å². The van der Waals surface area contributed by atoms with E-state index in [1.54, 1.807) is 13.8 Å². The molecule has 2 unspecified atom stereocenters. The van der Waals surface area contributed by atoms with Crippen molar-refractivity contribution >= 4 is 17.5 Å². The first-order chi connectivity index (χ1) is 14.7. The molecule has 0 amide bonds. The summed E-state index contributed by atoms with van der Waals surface area (Å²) in [7, 11) is 0. The molecule has 2 N–H and O–H groups in total. The van der Waals surface area contributed by atoms with E-state index >= 15 is 8.78 Å². The van der Waals surface area contributed by atoms with Gasteiger partial charge in [-0.3, -0.25) is 14.4 Å². The Morgan fingerprint density at radius 3 is 2.53 bits per heavy atom. The van der Waals surface area contributed by atoms with Crippen molar-refractivity contribution in [1.29, 1.82) is 0 Å². The summed E-state index contributed by atoms with van der Waals surface area (Å²) >= 11 is 0. The van der Waals surface area contributed by atoms with Crippen LogP contribution in [0.1, 0.15) is 47.0 Å². The number of fused-ring (bicyclic) bond motifs is 5. The van der Waals surface area contributed by atoms with Crippen LogP contribution >= 0.6 is 0 Å². The fourth-order valence-corrected chi connectivity index (χ4v) is 7.41. The number of carbonyl (C=O) groups is 3. The normalized spacial score (nSPS) is 49.6. The van der Waals surface area contributed by atoms with Gasteiger partial charge in [0.2, 0.25) is 5.78 Å². The number of halogens is 2. The first-order valence-corrected chi connectivity index (χ1v) is 11.1. The molecule has 4 aliphatic rings. The van der Waals surface area contributed by atoms with Crippen LogP contribution in [0.3, 0.4) is 0 Å². The molecule has 3 saturated carbocycles. The van der Waals surface area contributed by atoms with Gasteiger partial charge in [0, 0.05) is 23.7 Å². The highest BCUT2D eigenvalue weighted by Crippen LogP contribution is 2.70. The maximum absolute atomic E-state index is 17.0. The molecule has 0 aromatic rings. The van der Waals surface area contributed by atoms with Crippen LogP contribution in [-0.2, 0) is 19.1 Å². The van der Waals surface area contributed by atoms with Crippen LogP contribution in [-0.4, -0.2) is 57.9 Å². The topological polar surface area (TPSA) is 101 Å². The van der Waals surface area contributed by atoms with E-state index in [1.165, 1.54) is 19.1 Å². The summed E-state index contributed by atoms with van der Waals surface area (Å²) in [4.78, 5) is 36.1. The highest BCUT2D eigenvalue weighted by molar-refractivity contribution is 6.01. The number of aliphatic hydroxyl groups excluding tert-OH is 1. The van der Waals surface area contributed by atoms with Crippen LogP contribution in [0.4, 0.5) is 8.78 Å². The van der Waals surface area contributed by atoms with Crippen molar-refractivity contribution in [3.63, 3.8) is 0 Å². The predicted octanol–water partition coefficient (Wildman–Crippen LogP) is 2.41. The SMILES string of the molecule is CC(=O)OCC(=O)[C@]1(O)[C@H](C)CC2C3C[C@H](F)C4=CC(=O)C=C[C@]4(C)[C@@]3(F)[C@@H](O)C[C@@]21C. The van der Waals surface area contributed by atoms with Crippen LogP contribution in [0, 0.1) is 28.6 Å². The Labute approximate surface area is 185 Å². The lowest BCUT2D eigenvalue weighted by Crippen LogP contribution is -2.70. The molecule has 8 heteroatoms. The van der Waals surface area contributed by atoms with Crippen molar-refractivity contribution in [2.45, 2.75) is 70.5 Å². The Kier molecular flexibility index (Phi) is 5.11. The van der Waals surface area contributed by atoms with Crippen molar-refractivity contribution in [3.05, 3.63) is 23.8 Å². The predicted molar refractivity (Wildman–Crippen MR) is 110 cm³/mol. The Hall–Kier alpha value is -1.93. The molecule has 0 spiro atoms. The van der Waals surface area contributed by atoms with Gasteiger partial charge in [0.1, 0.15) is 11.8 Å². The summed E-state index contributed by atoms with van der Waals surface area (Å²) in [5.41, 5.74) is -6.97. The molecule has 0 aliphatic heterocycles. The van der Waals surface area contributed by atoms with Crippen LogP contribution in [0.2, 0.25) is 0 Å². The fourth-order valence-electron chi connectivity index (χ4n) is 7.41. The van der Waals surface area contributed by atoms with E-state index in [-0.39, 0.29) is 24.8 Å². The number of ketones is 2. The molecule has 4 aliphatic carbocycles. The quantitative estimate of drug-likeness (QED) is 0.638. The summed E-state index contributed by atoms with van der Waals surface area (Å²) in [5, 5.41) is 22.8. The van der Waals surface area contributed by atoms with Gasteiger partial charge in [0.05, 0.1) is 6.10 Å². The van der Waals surface area contributed by atoms with Crippen molar-refractivity contribution < 1.29 is 38.1 Å². The van der Waals surface area contributed by atoms with Gasteiger partial charge in [-0.25, -0.2) is 8.78 Å². The fraction of sp³-hybridized carbons (Fsp3) is 0.708. The molecule has 0 saturated heterocycles. The molecule has 9 atom stereocenters. The zero-order chi connectivity index (χ0) is 23.9. The Morgan fingerprint density at radius 1 is 1.25 bits per heavy atom. The van der Waals surface area contributed by atoms with Gasteiger partial charge in [-0.1, -0.05) is 19.9 Å². The number of aliphatic hydroxyl groups is 2.